The highest BCUT2D eigenvalue weighted by Crippen LogP contribution is 2.28. The minimum atomic E-state index is 0.685. The van der Waals surface area contributed by atoms with Crippen LogP contribution in [0.3, 0.4) is 0 Å². The highest BCUT2D eigenvalue weighted by Gasteiger charge is 2.03. The molecule has 0 fully saturated rings. The minimum Gasteiger partial charge on any atom is -0.399 e. The van der Waals surface area contributed by atoms with Gasteiger partial charge in [0.1, 0.15) is 5.51 Å². The second kappa shape index (κ2) is 4.83. The molecule has 2 rings (SSSR count). The third-order valence-electron chi connectivity index (χ3n) is 1.77. The molecule has 0 saturated heterocycles. The van der Waals surface area contributed by atoms with Crippen molar-refractivity contribution in [3.63, 3.8) is 0 Å². The fourth-order valence-electron chi connectivity index (χ4n) is 1.05. The van der Waals surface area contributed by atoms with E-state index in [1.165, 1.54) is 11.3 Å². The topological polar surface area (TPSA) is 51.8 Å². The lowest BCUT2D eigenvalue weighted by molar-refractivity contribution is 1.01. The Bertz CT molecular complexity index is 445. The zero-order valence-corrected chi connectivity index (χ0v) is 10.1. The highest BCUT2D eigenvalue weighted by atomic mass is 35.5. The molecule has 78 valence electrons. The van der Waals surface area contributed by atoms with Gasteiger partial charge in [0, 0.05) is 16.5 Å². The van der Waals surface area contributed by atoms with Crippen molar-refractivity contribution in [1.29, 1.82) is 0 Å². The molecule has 0 aliphatic heterocycles. The highest BCUT2D eigenvalue weighted by molar-refractivity contribution is 8.00. The predicted molar refractivity (Wildman–Crippen MR) is 65.3 cm³/mol. The molecule has 0 amide bonds. The average molecular weight is 258 g/mol. The maximum absolute atomic E-state index is 6.04. The van der Waals surface area contributed by atoms with Gasteiger partial charge in [-0.2, -0.15) is 0 Å². The molecular weight excluding hydrogens is 250 g/mol. The van der Waals surface area contributed by atoms with Gasteiger partial charge in [-0.15, -0.1) is 10.2 Å². The van der Waals surface area contributed by atoms with E-state index in [-0.39, 0.29) is 0 Å². The number of benzene rings is 1. The van der Waals surface area contributed by atoms with E-state index in [1.54, 1.807) is 23.3 Å². The second-order valence-corrected chi connectivity index (χ2v) is 5.31. The molecule has 1 aromatic carbocycles. The van der Waals surface area contributed by atoms with Crippen molar-refractivity contribution in [2.24, 2.45) is 0 Å². The quantitative estimate of drug-likeness (QED) is 0.678. The Kier molecular flexibility index (Phi) is 3.45. The first-order chi connectivity index (χ1) is 7.25. The molecule has 0 atom stereocenters. The van der Waals surface area contributed by atoms with Gasteiger partial charge in [0.25, 0.3) is 0 Å². The summed E-state index contributed by atoms with van der Waals surface area (Å²) in [6.07, 6.45) is 0. The third kappa shape index (κ3) is 2.84. The summed E-state index contributed by atoms with van der Waals surface area (Å²) in [5.41, 5.74) is 9.07. The van der Waals surface area contributed by atoms with Crippen molar-refractivity contribution in [2.45, 2.75) is 10.1 Å². The number of hydrogen-bond donors (Lipinski definition) is 1. The van der Waals surface area contributed by atoms with E-state index >= 15 is 0 Å². The summed E-state index contributed by atoms with van der Waals surface area (Å²) >= 11 is 9.19. The molecule has 0 aliphatic carbocycles. The average Bonchev–Trinajstić information content (AvgIpc) is 2.69. The first-order valence-electron chi connectivity index (χ1n) is 4.18. The van der Waals surface area contributed by atoms with Crippen molar-refractivity contribution in [3.05, 3.63) is 34.3 Å². The summed E-state index contributed by atoms with van der Waals surface area (Å²) in [5, 5.41) is 8.41. The van der Waals surface area contributed by atoms with E-state index in [0.717, 1.165) is 15.7 Å². The fraction of sp³-hybridized carbons (Fsp3) is 0.111. The van der Waals surface area contributed by atoms with Gasteiger partial charge >= 0.3 is 0 Å². The Labute approximate surface area is 101 Å². The summed E-state index contributed by atoms with van der Waals surface area (Å²) in [7, 11) is 0. The molecular formula is C9H8ClN3S2. The van der Waals surface area contributed by atoms with E-state index in [0.29, 0.717) is 10.7 Å². The Hall–Kier alpha value is -0.780. The summed E-state index contributed by atoms with van der Waals surface area (Å²) in [6, 6.07) is 5.55. The minimum absolute atomic E-state index is 0.685. The number of nitrogen functional groups attached to an aromatic ring is 1. The van der Waals surface area contributed by atoms with Gasteiger partial charge < -0.3 is 5.73 Å². The smallest absolute Gasteiger partial charge is 0.174 e. The van der Waals surface area contributed by atoms with Crippen LogP contribution in [0.25, 0.3) is 0 Å². The van der Waals surface area contributed by atoms with Gasteiger partial charge in [-0.25, -0.2) is 0 Å². The summed E-state index contributed by atoms with van der Waals surface area (Å²) in [5.74, 6) is 0.786. The molecule has 2 aromatic rings. The number of anilines is 1. The number of hydrogen-bond acceptors (Lipinski definition) is 5. The van der Waals surface area contributed by atoms with E-state index in [9.17, 15) is 0 Å². The zero-order chi connectivity index (χ0) is 10.7. The number of nitrogens with two attached hydrogens (primary N) is 1. The van der Waals surface area contributed by atoms with Gasteiger partial charge in [0.05, 0.1) is 0 Å². The number of thioether (sulfide) groups is 1. The second-order valence-electron chi connectivity index (χ2n) is 2.84. The van der Waals surface area contributed by atoms with Crippen molar-refractivity contribution >= 4 is 40.4 Å². The lowest BCUT2D eigenvalue weighted by Gasteiger charge is -2.02. The largest absolute Gasteiger partial charge is 0.399 e. The molecule has 6 heteroatoms. The fourth-order valence-corrected chi connectivity index (χ4v) is 2.87. The van der Waals surface area contributed by atoms with Gasteiger partial charge in [-0.05, 0) is 17.7 Å². The molecule has 0 aliphatic rings. The molecule has 0 bridgehead atoms. The van der Waals surface area contributed by atoms with Crippen molar-refractivity contribution in [1.82, 2.24) is 10.2 Å². The molecule has 0 saturated carbocycles. The van der Waals surface area contributed by atoms with E-state index in [1.807, 2.05) is 12.1 Å². The van der Waals surface area contributed by atoms with Crippen LogP contribution in [0.1, 0.15) is 5.56 Å². The lowest BCUT2D eigenvalue weighted by Crippen LogP contribution is -1.87. The van der Waals surface area contributed by atoms with Gasteiger partial charge in [-0.3, -0.25) is 0 Å². The number of halogens is 1. The van der Waals surface area contributed by atoms with Crippen LogP contribution < -0.4 is 5.73 Å². The number of rotatable bonds is 3. The van der Waals surface area contributed by atoms with Crippen LogP contribution in [0.15, 0.2) is 28.0 Å². The lowest BCUT2D eigenvalue weighted by atomic mass is 10.2. The van der Waals surface area contributed by atoms with Crippen LogP contribution in [0, 0.1) is 0 Å². The van der Waals surface area contributed by atoms with Crippen LogP contribution in [0.5, 0.6) is 0 Å². The summed E-state index contributed by atoms with van der Waals surface area (Å²) < 4.78 is 0.947. The standard InChI is InChI=1S/C9H8ClN3S2/c10-8-3-7(11)2-1-6(8)4-14-9-13-12-5-15-9/h1-3,5H,4,11H2. The maximum Gasteiger partial charge on any atom is 0.174 e. The Morgan fingerprint density at radius 3 is 3.00 bits per heavy atom. The van der Waals surface area contributed by atoms with Crippen molar-refractivity contribution < 1.29 is 0 Å². The Morgan fingerprint density at radius 1 is 1.47 bits per heavy atom. The summed E-state index contributed by atoms with van der Waals surface area (Å²) in [4.78, 5) is 0. The first kappa shape index (κ1) is 10.7. The number of aromatic nitrogens is 2. The summed E-state index contributed by atoms with van der Waals surface area (Å²) in [6.45, 7) is 0. The Morgan fingerprint density at radius 2 is 2.33 bits per heavy atom. The monoisotopic (exact) mass is 257 g/mol. The van der Waals surface area contributed by atoms with E-state index in [2.05, 4.69) is 10.2 Å². The van der Waals surface area contributed by atoms with Crippen LogP contribution in [0.4, 0.5) is 5.69 Å². The molecule has 3 nitrogen and oxygen atoms in total. The molecule has 0 radical (unpaired) electrons. The van der Waals surface area contributed by atoms with Crippen LogP contribution in [0.2, 0.25) is 5.02 Å². The maximum atomic E-state index is 6.04. The van der Waals surface area contributed by atoms with Crippen LogP contribution in [-0.2, 0) is 5.75 Å². The molecule has 1 aromatic heterocycles. The normalized spacial score (nSPS) is 10.5. The van der Waals surface area contributed by atoms with Gasteiger partial charge in [0.2, 0.25) is 0 Å². The van der Waals surface area contributed by atoms with E-state index < -0.39 is 0 Å². The van der Waals surface area contributed by atoms with E-state index in [4.69, 9.17) is 17.3 Å². The van der Waals surface area contributed by atoms with Gasteiger partial charge in [-0.1, -0.05) is 40.8 Å². The molecule has 1 heterocycles. The predicted octanol–water partition coefficient (Wildman–Crippen LogP) is 3.07. The van der Waals surface area contributed by atoms with Gasteiger partial charge in [0.15, 0.2) is 4.34 Å². The SMILES string of the molecule is Nc1ccc(CSc2nncs2)c(Cl)c1. The van der Waals surface area contributed by atoms with Crippen molar-refractivity contribution in [3.8, 4) is 0 Å². The Balaban J connectivity index is 2.05. The van der Waals surface area contributed by atoms with Crippen molar-refractivity contribution in [2.75, 3.05) is 5.73 Å². The molecule has 15 heavy (non-hydrogen) atoms. The molecule has 0 unspecified atom stereocenters. The van der Waals surface area contributed by atoms with Crippen LogP contribution >= 0.6 is 34.7 Å². The first-order valence-corrected chi connectivity index (χ1v) is 6.43. The zero-order valence-electron chi connectivity index (χ0n) is 7.68. The van der Waals surface area contributed by atoms with Crippen LogP contribution in [-0.4, -0.2) is 10.2 Å². The third-order valence-corrected chi connectivity index (χ3v) is 4.03. The number of nitrogens with zero attached hydrogens (tertiary/aromatic N) is 2. The molecule has 2 N–H and O–H groups in total. The molecule has 0 spiro atoms.